The van der Waals surface area contributed by atoms with Crippen LogP contribution < -0.4 is 0 Å². The van der Waals surface area contributed by atoms with Gasteiger partial charge in [0.25, 0.3) is 0 Å². The molecule has 0 unspecified atom stereocenters. The SMILES string of the molecule is Cc1ccc2sc3ccc(-c4ccc5c(c4)c4cc(I)ccc4n5-c4ccccc4)cc3c2c1. The molecule has 0 radical (unpaired) electrons. The van der Waals surface area contributed by atoms with Crippen LogP contribution in [-0.4, -0.2) is 4.57 Å². The smallest absolute Gasteiger partial charge is 0.0541 e. The molecule has 0 aliphatic heterocycles. The number of aromatic nitrogens is 1. The summed E-state index contributed by atoms with van der Waals surface area (Å²) in [5, 5.41) is 5.30. The Morgan fingerprint density at radius 1 is 0.588 bits per heavy atom. The van der Waals surface area contributed by atoms with Crippen LogP contribution in [-0.2, 0) is 0 Å². The first-order chi connectivity index (χ1) is 16.7. The number of benzene rings is 5. The fourth-order valence-electron chi connectivity index (χ4n) is 5.10. The van der Waals surface area contributed by atoms with Crippen molar-refractivity contribution in [2.45, 2.75) is 6.92 Å². The van der Waals surface area contributed by atoms with Gasteiger partial charge in [-0.25, -0.2) is 0 Å². The van der Waals surface area contributed by atoms with Crippen LogP contribution in [0.1, 0.15) is 5.56 Å². The van der Waals surface area contributed by atoms with Crippen LogP contribution in [0.25, 0.3) is 58.8 Å². The van der Waals surface area contributed by atoms with Crippen molar-refractivity contribution >= 4 is 75.9 Å². The largest absolute Gasteiger partial charge is 0.309 e. The van der Waals surface area contributed by atoms with E-state index in [-0.39, 0.29) is 0 Å². The van der Waals surface area contributed by atoms with Gasteiger partial charge in [0.1, 0.15) is 0 Å². The topological polar surface area (TPSA) is 4.93 Å². The molecule has 0 spiro atoms. The second-order valence-corrected chi connectivity index (χ2v) is 11.2. The number of hydrogen-bond acceptors (Lipinski definition) is 1. The Kier molecular flexibility index (Phi) is 4.58. The molecule has 0 N–H and O–H groups in total. The molecule has 34 heavy (non-hydrogen) atoms. The first-order valence-corrected chi connectivity index (χ1v) is 13.3. The van der Waals surface area contributed by atoms with Gasteiger partial charge in [-0.05, 0) is 107 Å². The van der Waals surface area contributed by atoms with Gasteiger partial charge in [-0.3, -0.25) is 0 Å². The van der Waals surface area contributed by atoms with E-state index in [1.165, 1.54) is 67.9 Å². The maximum atomic E-state index is 2.42. The molecule has 0 bridgehead atoms. The maximum Gasteiger partial charge on any atom is 0.0541 e. The minimum Gasteiger partial charge on any atom is -0.309 e. The van der Waals surface area contributed by atoms with Crippen LogP contribution in [0.5, 0.6) is 0 Å². The van der Waals surface area contributed by atoms with E-state index in [0.29, 0.717) is 0 Å². The summed E-state index contributed by atoms with van der Waals surface area (Å²) in [6, 6.07) is 38.0. The molecule has 2 aromatic heterocycles. The highest BCUT2D eigenvalue weighted by atomic mass is 127. The minimum atomic E-state index is 1.19. The first-order valence-electron chi connectivity index (χ1n) is 11.4. The fourth-order valence-corrected chi connectivity index (χ4v) is 6.66. The summed E-state index contributed by atoms with van der Waals surface area (Å²) in [7, 11) is 0. The van der Waals surface area contributed by atoms with Gasteiger partial charge in [-0.1, -0.05) is 42.0 Å². The van der Waals surface area contributed by atoms with Gasteiger partial charge in [0.05, 0.1) is 11.0 Å². The van der Waals surface area contributed by atoms with Crippen molar-refractivity contribution in [3.05, 3.63) is 112 Å². The van der Waals surface area contributed by atoms with E-state index >= 15 is 0 Å². The zero-order chi connectivity index (χ0) is 22.8. The predicted octanol–water partition coefficient (Wildman–Crippen LogP) is 9.73. The molecule has 0 fully saturated rings. The van der Waals surface area contributed by atoms with E-state index in [1.54, 1.807) is 0 Å². The van der Waals surface area contributed by atoms with Gasteiger partial charge in [-0.15, -0.1) is 11.3 Å². The number of nitrogens with zero attached hydrogens (tertiary/aromatic N) is 1. The highest BCUT2D eigenvalue weighted by molar-refractivity contribution is 14.1. The third-order valence-corrected chi connectivity index (χ3v) is 8.52. The maximum absolute atomic E-state index is 2.42. The van der Waals surface area contributed by atoms with Crippen molar-refractivity contribution in [3.63, 3.8) is 0 Å². The average Bonchev–Trinajstić information content (AvgIpc) is 3.38. The van der Waals surface area contributed by atoms with E-state index < -0.39 is 0 Å². The zero-order valence-corrected chi connectivity index (χ0v) is 21.5. The summed E-state index contributed by atoms with van der Waals surface area (Å²) in [5.41, 5.74) is 7.51. The Balaban J connectivity index is 1.49. The lowest BCUT2D eigenvalue weighted by Crippen LogP contribution is -1.93. The molecule has 3 heteroatoms. The molecular weight excluding hydrogens is 545 g/mol. The highest BCUT2D eigenvalue weighted by Gasteiger charge is 2.14. The normalized spacial score (nSPS) is 11.8. The number of hydrogen-bond donors (Lipinski definition) is 0. The molecule has 5 aromatic carbocycles. The quantitative estimate of drug-likeness (QED) is 0.184. The van der Waals surface area contributed by atoms with E-state index in [0.717, 1.165) is 0 Å². The molecular formula is C31H20INS. The first kappa shape index (κ1) is 20.2. The summed E-state index contributed by atoms with van der Waals surface area (Å²) >= 11 is 4.29. The number of fused-ring (bicyclic) bond motifs is 6. The zero-order valence-electron chi connectivity index (χ0n) is 18.5. The summed E-state index contributed by atoms with van der Waals surface area (Å²) in [4.78, 5) is 0. The Bertz CT molecular complexity index is 1870. The van der Waals surface area contributed by atoms with Gasteiger partial charge < -0.3 is 4.57 Å². The van der Waals surface area contributed by atoms with Crippen LogP contribution in [0.15, 0.2) is 103 Å². The summed E-state index contributed by atoms with van der Waals surface area (Å²) in [5.74, 6) is 0. The Labute approximate surface area is 215 Å². The summed E-state index contributed by atoms with van der Waals surface area (Å²) in [6.45, 7) is 2.17. The molecule has 0 saturated carbocycles. The Hall–Kier alpha value is -3.15. The number of halogens is 1. The molecule has 0 saturated heterocycles. The van der Waals surface area contributed by atoms with Crippen LogP contribution in [0.2, 0.25) is 0 Å². The minimum absolute atomic E-state index is 1.19. The van der Waals surface area contributed by atoms with Gasteiger partial charge in [-0.2, -0.15) is 0 Å². The molecule has 7 aromatic rings. The third kappa shape index (κ3) is 3.11. The molecule has 1 nitrogen and oxygen atoms in total. The van der Waals surface area contributed by atoms with Crippen LogP contribution in [0.4, 0.5) is 0 Å². The monoisotopic (exact) mass is 565 g/mol. The molecule has 0 amide bonds. The number of para-hydroxylation sites is 1. The van der Waals surface area contributed by atoms with Crippen molar-refractivity contribution in [3.8, 4) is 16.8 Å². The second-order valence-electron chi connectivity index (χ2n) is 8.88. The average molecular weight is 565 g/mol. The van der Waals surface area contributed by atoms with Crippen LogP contribution >= 0.6 is 33.9 Å². The molecule has 7 rings (SSSR count). The van der Waals surface area contributed by atoms with E-state index in [9.17, 15) is 0 Å². The van der Waals surface area contributed by atoms with Crippen molar-refractivity contribution in [1.82, 2.24) is 4.57 Å². The Morgan fingerprint density at radius 3 is 2.00 bits per heavy atom. The van der Waals surface area contributed by atoms with Gasteiger partial charge in [0.2, 0.25) is 0 Å². The Morgan fingerprint density at radius 2 is 1.21 bits per heavy atom. The lowest BCUT2D eigenvalue weighted by molar-refractivity contribution is 1.18. The lowest BCUT2D eigenvalue weighted by atomic mass is 10.0. The molecule has 0 aliphatic carbocycles. The van der Waals surface area contributed by atoms with E-state index in [2.05, 4.69) is 137 Å². The van der Waals surface area contributed by atoms with E-state index in [4.69, 9.17) is 0 Å². The van der Waals surface area contributed by atoms with Crippen LogP contribution in [0, 0.1) is 10.5 Å². The molecule has 0 aliphatic rings. The summed E-state index contributed by atoms with van der Waals surface area (Å²) in [6.07, 6.45) is 0. The fraction of sp³-hybridized carbons (Fsp3) is 0.0323. The predicted molar refractivity (Wildman–Crippen MR) is 157 cm³/mol. The van der Waals surface area contributed by atoms with Crippen molar-refractivity contribution < 1.29 is 0 Å². The lowest BCUT2D eigenvalue weighted by Gasteiger charge is -2.08. The number of aryl methyl sites for hydroxylation is 1. The van der Waals surface area contributed by atoms with E-state index in [1.807, 2.05) is 11.3 Å². The van der Waals surface area contributed by atoms with Crippen molar-refractivity contribution in [2.75, 3.05) is 0 Å². The van der Waals surface area contributed by atoms with Gasteiger partial charge in [0, 0.05) is 40.2 Å². The van der Waals surface area contributed by atoms with Crippen molar-refractivity contribution in [1.29, 1.82) is 0 Å². The van der Waals surface area contributed by atoms with Gasteiger partial charge in [0.15, 0.2) is 0 Å². The molecule has 2 heterocycles. The number of rotatable bonds is 2. The van der Waals surface area contributed by atoms with Crippen LogP contribution in [0.3, 0.4) is 0 Å². The van der Waals surface area contributed by atoms with Gasteiger partial charge >= 0.3 is 0 Å². The second kappa shape index (κ2) is 7.69. The standard InChI is InChI=1S/C31H20INS/c1-19-7-13-30-26(15-19)27-17-21(9-14-31(27)34-30)20-8-11-28-24(16-20)25-18-22(32)10-12-29(25)33(28)23-5-3-2-4-6-23/h2-18H,1H3. The molecule has 0 atom stereocenters. The summed E-state index contributed by atoms with van der Waals surface area (Å²) < 4.78 is 6.33. The highest BCUT2D eigenvalue weighted by Crippen LogP contribution is 2.39. The van der Waals surface area contributed by atoms with Crippen molar-refractivity contribution in [2.24, 2.45) is 0 Å². The third-order valence-electron chi connectivity index (χ3n) is 6.70. The molecule has 162 valence electrons. The number of thiophene rings is 1.